The Morgan fingerprint density at radius 1 is 1.16 bits per heavy atom. The standard InChI is InChI=1S/C22H28F3N3O3/c1-20(2,3)31-18(29)17-7-4-14(10-26-17)11-27-12-21(13-27)8-16(9-21)28(15-5-6-15)19(30)22(23,24)25/h4,7,10,15-16H,5-6,8-9,11-13H2,1-3H3. The zero-order chi connectivity index (χ0) is 22.6. The molecule has 1 aliphatic heterocycles. The lowest BCUT2D eigenvalue weighted by Gasteiger charge is -2.61. The summed E-state index contributed by atoms with van der Waals surface area (Å²) in [6.07, 6.45) is -0.525. The molecule has 0 unspecified atom stereocenters. The van der Waals surface area contributed by atoms with Gasteiger partial charge in [-0.3, -0.25) is 9.69 Å². The third kappa shape index (κ3) is 4.86. The van der Waals surface area contributed by atoms with Crippen LogP contribution in [0.2, 0.25) is 0 Å². The van der Waals surface area contributed by atoms with Gasteiger partial charge in [-0.05, 0) is 63.5 Å². The summed E-state index contributed by atoms with van der Waals surface area (Å²) in [5.74, 6) is -2.14. The van der Waals surface area contributed by atoms with Crippen LogP contribution in [0.5, 0.6) is 0 Å². The molecule has 9 heteroatoms. The molecule has 31 heavy (non-hydrogen) atoms. The van der Waals surface area contributed by atoms with Crippen LogP contribution in [0.3, 0.4) is 0 Å². The molecule has 1 amide bonds. The first-order chi connectivity index (χ1) is 14.4. The number of carbonyl (C=O) groups is 2. The fraction of sp³-hybridized carbons (Fsp3) is 0.682. The van der Waals surface area contributed by atoms with Crippen molar-refractivity contribution in [3.05, 3.63) is 29.6 Å². The first-order valence-corrected chi connectivity index (χ1v) is 10.7. The fourth-order valence-corrected chi connectivity index (χ4v) is 4.77. The van der Waals surface area contributed by atoms with Crippen molar-refractivity contribution in [1.29, 1.82) is 0 Å². The van der Waals surface area contributed by atoms with Crippen LogP contribution < -0.4 is 0 Å². The second kappa shape index (κ2) is 7.46. The minimum Gasteiger partial charge on any atom is -0.455 e. The fourth-order valence-electron chi connectivity index (χ4n) is 4.77. The van der Waals surface area contributed by atoms with E-state index in [-0.39, 0.29) is 23.2 Å². The molecule has 0 aromatic carbocycles. The predicted octanol–water partition coefficient (Wildman–Crippen LogP) is 3.55. The summed E-state index contributed by atoms with van der Waals surface area (Å²) in [5, 5.41) is 0. The molecule has 3 fully saturated rings. The van der Waals surface area contributed by atoms with Gasteiger partial charge in [-0.2, -0.15) is 13.2 Å². The number of carbonyl (C=O) groups excluding carboxylic acids is 2. The Hall–Kier alpha value is -2.16. The number of nitrogens with zero attached hydrogens (tertiary/aromatic N) is 3. The number of rotatable bonds is 5. The van der Waals surface area contributed by atoms with Crippen LogP contribution in [0.15, 0.2) is 18.3 Å². The lowest BCUT2D eigenvalue weighted by Crippen LogP contribution is -2.67. The van der Waals surface area contributed by atoms with Gasteiger partial charge >= 0.3 is 18.1 Å². The van der Waals surface area contributed by atoms with Crippen LogP contribution >= 0.6 is 0 Å². The van der Waals surface area contributed by atoms with E-state index in [2.05, 4.69) is 9.88 Å². The van der Waals surface area contributed by atoms with Gasteiger partial charge < -0.3 is 9.64 Å². The number of hydrogen-bond acceptors (Lipinski definition) is 5. The molecule has 2 saturated carbocycles. The lowest BCUT2D eigenvalue weighted by atomic mass is 9.60. The van der Waals surface area contributed by atoms with E-state index in [9.17, 15) is 22.8 Å². The summed E-state index contributed by atoms with van der Waals surface area (Å²) in [5.41, 5.74) is 0.664. The number of alkyl halides is 3. The van der Waals surface area contributed by atoms with E-state index in [0.717, 1.165) is 23.6 Å². The van der Waals surface area contributed by atoms with E-state index in [0.29, 0.717) is 32.2 Å². The summed E-state index contributed by atoms with van der Waals surface area (Å²) < 4.78 is 44.1. The average molecular weight is 439 g/mol. The Morgan fingerprint density at radius 3 is 2.29 bits per heavy atom. The van der Waals surface area contributed by atoms with E-state index >= 15 is 0 Å². The maximum absolute atomic E-state index is 12.9. The molecule has 1 aromatic heterocycles. The lowest BCUT2D eigenvalue weighted by molar-refractivity contribution is -0.197. The number of aromatic nitrogens is 1. The molecule has 0 atom stereocenters. The van der Waals surface area contributed by atoms with Crippen LogP contribution in [0.4, 0.5) is 13.2 Å². The van der Waals surface area contributed by atoms with Gasteiger partial charge in [0.15, 0.2) is 0 Å². The molecule has 2 aliphatic carbocycles. The Kier molecular flexibility index (Phi) is 5.31. The first kappa shape index (κ1) is 22.0. The number of amides is 1. The molecule has 0 N–H and O–H groups in total. The van der Waals surface area contributed by atoms with E-state index in [1.807, 2.05) is 6.07 Å². The number of pyridine rings is 1. The Balaban J connectivity index is 1.26. The molecule has 4 rings (SSSR count). The molecule has 1 aromatic rings. The van der Waals surface area contributed by atoms with Gasteiger partial charge in [0.05, 0.1) is 0 Å². The van der Waals surface area contributed by atoms with Gasteiger partial charge in [0, 0.05) is 37.9 Å². The summed E-state index contributed by atoms with van der Waals surface area (Å²) in [7, 11) is 0. The Bertz CT molecular complexity index is 845. The molecule has 0 bridgehead atoms. The molecule has 6 nitrogen and oxygen atoms in total. The smallest absolute Gasteiger partial charge is 0.455 e. The summed E-state index contributed by atoms with van der Waals surface area (Å²) in [6, 6.07) is 2.97. The van der Waals surface area contributed by atoms with Crippen molar-refractivity contribution >= 4 is 11.9 Å². The Labute approximate surface area is 179 Å². The molecular formula is C22H28F3N3O3. The van der Waals surface area contributed by atoms with E-state index < -0.39 is 23.7 Å². The molecule has 3 aliphatic rings. The highest BCUT2D eigenvalue weighted by molar-refractivity contribution is 5.87. The van der Waals surface area contributed by atoms with Crippen molar-refractivity contribution in [2.75, 3.05) is 13.1 Å². The highest BCUT2D eigenvalue weighted by atomic mass is 19.4. The largest absolute Gasteiger partial charge is 0.471 e. The number of hydrogen-bond donors (Lipinski definition) is 0. The average Bonchev–Trinajstić information content (AvgIpc) is 3.40. The second-order valence-corrected chi connectivity index (χ2v) is 10.2. The SMILES string of the molecule is CC(C)(C)OC(=O)c1ccc(CN2CC3(CC(N(C(=O)C(F)(F)F)C4CC4)C3)C2)cn1. The van der Waals surface area contributed by atoms with Crippen molar-refractivity contribution in [2.45, 2.75) is 76.9 Å². The van der Waals surface area contributed by atoms with Crippen molar-refractivity contribution < 1.29 is 27.5 Å². The van der Waals surface area contributed by atoms with Crippen molar-refractivity contribution in [1.82, 2.24) is 14.8 Å². The van der Waals surface area contributed by atoms with Crippen LogP contribution in [-0.4, -0.2) is 63.6 Å². The maximum atomic E-state index is 12.9. The molecule has 1 saturated heterocycles. The molecule has 170 valence electrons. The highest BCUT2D eigenvalue weighted by Gasteiger charge is 2.58. The third-order valence-electron chi connectivity index (χ3n) is 6.10. The zero-order valence-corrected chi connectivity index (χ0v) is 18.0. The van der Waals surface area contributed by atoms with Crippen LogP contribution in [0, 0.1) is 5.41 Å². The minimum absolute atomic E-state index is 0.0214. The van der Waals surface area contributed by atoms with E-state index in [1.165, 1.54) is 0 Å². The van der Waals surface area contributed by atoms with Gasteiger partial charge in [-0.1, -0.05) is 6.07 Å². The predicted molar refractivity (Wildman–Crippen MR) is 106 cm³/mol. The first-order valence-electron chi connectivity index (χ1n) is 10.7. The van der Waals surface area contributed by atoms with Crippen LogP contribution in [-0.2, 0) is 16.1 Å². The third-order valence-corrected chi connectivity index (χ3v) is 6.10. The summed E-state index contributed by atoms with van der Waals surface area (Å²) >= 11 is 0. The van der Waals surface area contributed by atoms with Gasteiger partial charge in [-0.15, -0.1) is 0 Å². The molecule has 0 radical (unpaired) electrons. The van der Waals surface area contributed by atoms with Gasteiger partial charge in [0.25, 0.3) is 0 Å². The quantitative estimate of drug-likeness (QED) is 0.657. The van der Waals surface area contributed by atoms with Crippen molar-refractivity contribution in [2.24, 2.45) is 5.41 Å². The highest BCUT2D eigenvalue weighted by Crippen LogP contribution is 2.52. The van der Waals surface area contributed by atoms with Gasteiger partial charge in [0.1, 0.15) is 11.3 Å². The normalized spacial score (nSPS) is 21.4. The zero-order valence-electron chi connectivity index (χ0n) is 18.0. The van der Waals surface area contributed by atoms with Gasteiger partial charge in [-0.25, -0.2) is 9.78 Å². The summed E-state index contributed by atoms with van der Waals surface area (Å²) in [6.45, 7) is 7.67. The summed E-state index contributed by atoms with van der Waals surface area (Å²) in [4.78, 5) is 31.4. The Morgan fingerprint density at radius 2 is 1.81 bits per heavy atom. The van der Waals surface area contributed by atoms with E-state index in [1.54, 1.807) is 33.0 Å². The molecule has 2 heterocycles. The number of halogens is 3. The van der Waals surface area contributed by atoms with Crippen molar-refractivity contribution in [3.63, 3.8) is 0 Å². The second-order valence-electron chi connectivity index (χ2n) is 10.2. The minimum atomic E-state index is -4.80. The van der Waals surface area contributed by atoms with Gasteiger partial charge in [0.2, 0.25) is 0 Å². The monoisotopic (exact) mass is 439 g/mol. The number of esters is 1. The van der Waals surface area contributed by atoms with Crippen LogP contribution in [0.1, 0.15) is 62.5 Å². The maximum Gasteiger partial charge on any atom is 0.471 e. The molecular weight excluding hydrogens is 411 g/mol. The van der Waals surface area contributed by atoms with E-state index in [4.69, 9.17) is 4.74 Å². The number of ether oxygens (including phenoxy) is 1. The number of likely N-dealkylation sites (tertiary alicyclic amines) is 1. The molecule has 1 spiro atoms. The topological polar surface area (TPSA) is 62.7 Å². The van der Waals surface area contributed by atoms with Crippen molar-refractivity contribution in [3.8, 4) is 0 Å². The van der Waals surface area contributed by atoms with Crippen LogP contribution in [0.25, 0.3) is 0 Å².